The third-order valence-electron chi connectivity index (χ3n) is 2.18. The number of nitrogens with two attached hydrogens (primary N) is 1. The topological polar surface area (TPSA) is 26.0 Å². The van der Waals surface area contributed by atoms with Gasteiger partial charge in [-0.1, -0.05) is 13.8 Å². The quantitative estimate of drug-likeness (QED) is 0.806. The maximum Gasteiger partial charge on any atom is 0.136 e. The molecule has 4 heteroatoms. The molecule has 84 valence electrons. The van der Waals surface area contributed by atoms with Crippen molar-refractivity contribution in [2.45, 2.75) is 24.8 Å². The van der Waals surface area contributed by atoms with Crippen LogP contribution in [-0.2, 0) is 0 Å². The first-order chi connectivity index (χ1) is 7.00. The van der Waals surface area contributed by atoms with Crippen LogP contribution >= 0.6 is 11.8 Å². The molecule has 0 bridgehead atoms. The summed E-state index contributed by atoms with van der Waals surface area (Å²) in [4.78, 5) is 0.325. The first-order valence-corrected chi connectivity index (χ1v) is 5.82. The molecule has 1 unspecified atom stereocenters. The van der Waals surface area contributed by atoms with Crippen molar-refractivity contribution in [3.05, 3.63) is 29.8 Å². The fourth-order valence-corrected chi connectivity index (χ4v) is 2.13. The minimum atomic E-state index is -0.419. The zero-order valence-electron chi connectivity index (χ0n) is 8.84. The maximum atomic E-state index is 13.2. The Morgan fingerprint density at radius 1 is 1.33 bits per heavy atom. The van der Waals surface area contributed by atoms with E-state index in [-0.39, 0.29) is 6.04 Å². The Morgan fingerprint density at radius 3 is 2.60 bits per heavy atom. The maximum absolute atomic E-state index is 13.2. The summed E-state index contributed by atoms with van der Waals surface area (Å²) in [5.41, 5.74) is 5.82. The molecule has 1 atom stereocenters. The van der Waals surface area contributed by atoms with E-state index in [1.165, 1.54) is 17.8 Å². The van der Waals surface area contributed by atoms with Gasteiger partial charge in [-0.15, -0.1) is 11.8 Å². The van der Waals surface area contributed by atoms with E-state index >= 15 is 0 Å². The molecule has 1 aromatic rings. The molecule has 2 N–H and O–H groups in total. The second-order valence-electron chi connectivity index (χ2n) is 3.79. The second-order valence-corrected chi connectivity index (χ2v) is 4.86. The fraction of sp³-hybridized carbons (Fsp3) is 0.455. The number of hydrogen-bond acceptors (Lipinski definition) is 2. The molecule has 0 fully saturated rings. The van der Waals surface area contributed by atoms with Crippen molar-refractivity contribution in [2.24, 2.45) is 11.7 Å². The minimum absolute atomic E-state index is 0.00216. The predicted molar refractivity (Wildman–Crippen MR) is 59.9 cm³/mol. The van der Waals surface area contributed by atoms with Gasteiger partial charge in [-0.05, 0) is 24.1 Å². The zero-order chi connectivity index (χ0) is 11.4. The molecule has 0 aliphatic heterocycles. The van der Waals surface area contributed by atoms with Crippen molar-refractivity contribution in [2.75, 3.05) is 5.75 Å². The highest BCUT2D eigenvalue weighted by atomic mass is 32.2. The third-order valence-corrected chi connectivity index (χ3v) is 3.36. The molecular formula is C11H15F2NS. The van der Waals surface area contributed by atoms with E-state index in [1.54, 1.807) is 0 Å². The van der Waals surface area contributed by atoms with Crippen molar-refractivity contribution in [3.8, 4) is 0 Å². The molecule has 15 heavy (non-hydrogen) atoms. The van der Waals surface area contributed by atoms with Crippen LogP contribution in [-0.4, -0.2) is 11.8 Å². The van der Waals surface area contributed by atoms with Crippen LogP contribution in [0.4, 0.5) is 8.78 Å². The van der Waals surface area contributed by atoms with Gasteiger partial charge in [0, 0.05) is 16.7 Å². The van der Waals surface area contributed by atoms with Gasteiger partial charge in [0.25, 0.3) is 0 Å². The van der Waals surface area contributed by atoms with Gasteiger partial charge < -0.3 is 5.73 Å². The summed E-state index contributed by atoms with van der Waals surface area (Å²) >= 11 is 1.26. The van der Waals surface area contributed by atoms with Gasteiger partial charge in [0.15, 0.2) is 0 Å². The molecular weight excluding hydrogens is 216 g/mol. The van der Waals surface area contributed by atoms with Gasteiger partial charge in [-0.25, -0.2) is 8.78 Å². The van der Waals surface area contributed by atoms with Crippen LogP contribution in [0.1, 0.15) is 13.8 Å². The molecule has 0 saturated heterocycles. The van der Waals surface area contributed by atoms with Crippen molar-refractivity contribution in [1.82, 2.24) is 0 Å². The summed E-state index contributed by atoms with van der Waals surface area (Å²) in [6, 6.07) is 3.45. The summed E-state index contributed by atoms with van der Waals surface area (Å²) in [5.74, 6) is 0.126. The Bertz CT molecular complexity index is 328. The summed E-state index contributed by atoms with van der Waals surface area (Å²) in [6.07, 6.45) is 0. The number of benzene rings is 1. The molecule has 0 heterocycles. The standard InChI is InChI=1S/C11H15F2NS/c1-7(2)10(14)6-15-11-5-8(12)3-4-9(11)13/h3-5,7,10H,6,14H2,1-2H3. The Morgan fingerprint density at radius 2 is 2.00 bits per heavy atom. The number of hydrogen-bond donors (Lipinski definition) is 1. The average molecular weight is 231 g/mol. The van der Waals surface area contributed by atoms with Crippen LogP contribution in [0.2, 0.25) is 0 Å². The number of halogens is 2. The predicted octanol–water partition coefficient (Wildman–Crippen LogP) is 3.04. The average Bonchev–Trinajstić information content (AvgIpc) is 2.18. The first kappa shape index (κ1) is 12.5. The zero-order valence-corrected chi connectivity index (χ0v) is 9.65. The van der Waals surface area contributed by atoms with Crippen LogP contribution in [0.25, 0.3) is 0 Å². The molecule has 1 aromatic carbocycles. The smallest absolute Gasteiger partial charge is 0.136 e. The van der Waals surface area contributed by atoms with Gasteiger partial charge >= 0.3 is 0 Å². The lowest BCUT2D eigenvalue weighted by atomic mass is 10.1. The van der Waals surface area contributed by atoms with Crippen molar-refractivity contribution >= 4 is 11.8 Å². The highest BCUT2D eigenvalue weighted by molar-refractivity contribution is 7.99. The summed E-state index contributed by atoms with van der Waals surface area (Å²) in [7, 11) is 0. The molecule has 0 aromatic heterocycles. The molecule has 1 rings (SSSR count). The highest BCUT2D eigenvalue weighted by Gasteiger charge is 2.10. The van der Waals surface area contributed by atoms with Gasteiger partial charge in [0.2, 0.25) is 0 Å². The Labute approximate surface area is 93.1 Å². The normalized spacial score (nSPS) is 13.2. The molecule has 0 saturated carbocycles. The van der Waals surface area contributed by atoms with E-state index in [4.69, 9.17) is 5.73 Å². The Kier molecular flexibility index (Phi) is 4.54. The SMILES string of the molecule is CC(C)C(N)CSc1cc(F)ccc1F. The molecule has 0 amide bonds. The highest BCUT2D eigenvalue weighted by Crippen LogP contribution is 2.24. The largest absolute Gasteiger partial charge is 0.327 e. The Hall–Kier alpha value is -0.610. The minimum Gasteiger partial charge on any atom is -0.327 e. The molecule has 0 spiro atoms. The lowest BCUT2D eigenvalue weighted by Gasteiger charge is -2.14. The fourth-order valence-electron chi connectivity index (χ4n) is 0.966. The molecule has 1 nitrogen and oxygen atoms in total. The number of rotatable bonds is 4. The van der Waals surface area contributed by atoms with Crippen LogP contribution in [0, 0.1) is 17.6 Å². The summed E-state index contributed by atoms with van der Waals surface area (Å²) in [5, 5.41) is 0. The number of thioether (sulfide) groups is 1. The third kappa shape index (κ3) is 3.80. The van der Waals surface area contributed by atoms with Crippen molar-refractivity contribution < 1.29 is 8.78 Å². The van der Waals surface area contributed by atoms with E-state index in [1.807, 2.05) is 13.8 Å². The van der Waals surface area contributed by atoms with Gasteiger partial charge in [-0.3, -0.25) is 0 Å². The van der Waals surface area contributed by atoms with Crippen LogP contribution in [0.3, 0.4) is 0 Å². The molecule has 0 radical (unpaired) electrons. The van der Waals surface area contributed by atoms with E-state index in [9.17, 15) is 8.78 Å². The monoisotopic (exact) mass is 231 g/mol. The molecule has 0 aliphatic carbocycles. The summed E-state index contributed by atoms with van der Waals surface area (Å²) in [6.45, 7) is 4.01. The summed E-state index contributed by atoms with van der Waals surface area (Å²) < 4.78 is 26.0. The van der Waals surface area contributed by atoms with Crippen molar-refractivity contribution in [3.63, 3.8) is 0 Å². The Balaban J connectivity index is 2.61. The van der Waals surface area contributed by atoms with Gasteiger partial charge in [0.1, 0.15) is 11.6 Å². The van der Waals surface area contributed by atoms with Crippen LogP contribution < -0.4 is 5.73 Å². The van der Waals surface area contributed by atoms with E-state index in [0.717, 1.165) is 12.1 Å². The first-order valence-electron chi connectivity index (χ1n) is 4.84. The van der Waals surface area contributed by atoms with E-state index in [2.05, 4.69) is 0 Å². The second kappa shape index (κ2) is 5.47. The van der Waals surface area contributed by atoms with Crippen LogP contribution in [0.5, 0.6) is 0 Å². The van der Waals surface area contributed by atoms with Gasteiger partial charge in [-0.2, -0.15) is 0 Å². The lowest BCUT2D eigenvalue weighted by molar-refractivity contribution is 0.534. The molecule has 0 aliphatic rings. The van der Waals surface area contributed by atoms with E-state index in [0.29, 0.717) is 16.6 Å². The van der Waals surface area contributed by atoms with Crippen molar-refractivity contribution in [1.29, 1.82) is 0 Å². The van der Waals surface area contributed by atoms with Crippen LogP contribution in [0.15, 0.2) is 23.1 Å². The van der Waals surface area contributed by atoms with Gasteiger partial charge in [0.05, 0.1) is 0 Å². The lowest BCUT2D eigenvalue weighted by Crippen LogP contribution is -2.28. The van der Waals surface area contributed by atoms with E-state index < -0.39 is 11.6 Å².